The Balaban J connectivity index is 1.06. The van der Waals surface area contributed by atoms with Gasteiger partial charge < -0.3 is 24.8 Å². The number of carbonyl (C=O) groups is 5. The van der Waals surface area contributed by atoms with Crippen LogP contribution in [0.3, 0.4) is 0 Å². The largest absolute Gasteiger partial charge is 0.469 e. The zero-order valence-electron chi connectivity index (χ0n) is 34.7. The Labute approximate surface area is 345 Å². The van der Waals surface area contributed by atoms with Gasteiger partial charge in [-0.2, -0.15) is 0 Å². The zero-order valence-corrected chi connectivity index (χ0v) is 34.7. The summed E-state index contributed by atoms with van der Waals surface area (Å²) < 4.78 is 24.7. The van der Waals surface area contributed by atoms with Crippen LogP contribution in [0.1, 0.15) is 85.0 Å². The summed E-state index contributed by atoms with van der Waals surface area (Å²) in [4.78, 5) is 69.9. The van der Waals surface area contributed by atoms with Crippen LogP contribution >= 0.6 is 0 Å². The van der Waals surface area contributed by atoms with Crippen molar-refractivity contribution >= 4 is 41.4 Å². The molecular weight excluding hydrogens is 755 g/mol. The van der Waals surface area contributed by atoms with E-state index >= 15 is 0 Å². The number of amides is 2. The lowest BCUT2D eigenvalue weighted by molar-refractivity contribution is -0.683. The fraction of sp³-hybridized carbons (Fsp3) is 0.636. The van der Waals surface area contributed by atoms with E-state index in [0.717, 1.165) is 57.8 Å². The number of hydrogen-bond acceptors (Lipinski definition) is 9. The van der Waals surface area contributed by atoms with E-state index in [-0.39, 0.29) is 96.5 Å². The van der Waals surface area contributed by atoms with Gasteiger partial charge in [-0.15, -0.1) is 0 Å². The van der Waals surface area contributed by atoms with E-state index in [1.807, 2.05) is 0 Å². The first-order chi connectivity index (χ1) is 28.3. The number of fused-ring (bicyclic) bond motifs is 11. The minimum atomic E-state index is -0.326. The molecule has 10 atom stereocenters. The van der Waals surface area contributed by atoms with Gasteiger partial charge in [-0.25, -0.2) is 32.8 Å². The maximum atomic E-state index is 14.0. The molecule has 0 radical (unpaired) electrons. The van der Waals surface area contributed by atoms with E-state index in [0.29, 0.717) is 36.0 Å². The molecule has 9 rings (SSSR count). The molecule has 6 aliphatic rings. The molecule has 4 saturated carbocycles. The van der Waals surface area contributed by atoms with E-state index in [2.05, 4.69) is 36.4 Å². The Morgan fingerprint density at radius 3 is 2.17 bits per heavy atom. The van der Waals surface area contributed by atoms with Crippen LogP contribution in [0.25, 0.3) is 0 Å². The predicted molar refractivity (Wildman–Crippen MR) is 212 cm³/mol. The second-order valence-electron chi connectivity index (χ2n) is 18.4. The van der Waals surface area contributed by atoms with Crippen LogP contribution in [-0.4, -0.2) is 63.2 Å². The molecule has 0 aromatic carbocycles. The average Bonchev–Trinajstić information content (AvgIpc) is 3.92. The molecular formula is C44H59N7O8+2. The second kappa shape index (κ2) is 16.5. The van der Waals surface area contributed by atoms with Crippen molar-refractivity contribution in [3.63, 3.8) is 0 Å². The zero-order chi connectivity index (χ0) is 41.5. The molecule has 15 nitrogen and oxygen atoms in total. The van der Waals surface area contributed by atoms with Gasteiger partial charge in [0.05, 0.1) is 7.11 Å². The quantitative estimate of drug-likeness (QED) is 0.223. The highest BCUT2D eigenvalue weighted by atomic mass is 16.5. The average molecular weight is 814 g/mol. The molecule has 0 saturated heterocycles. The Bertz CT molecular complexity index is 2080. The third-order valence-electron chi connectivity index (χ3n) is 15.1. The molecule has 316 valence electrons. The molecule has 3 aromatic rings. The lowest BCUT2D eigenvalue weighted by Gasteiger charge is -2.62. The van der Waals surface area contributed by atoms with Crippen LogP contribution in [0.5, 0.6) is 0 Å². The van der Waals surface area contributed by atoms with Gasteiger partial charge in [0.2, 0.25) is 12.7 Å². The third kappa shape index (κ3) is 8.39. The van der Waals surface area contributed by atoms with Crippen molar-refractivity contribution in [3.8, 4) is 0 Å². The van der Waals surface area contributed by atoms with E-state index in [1.165, 1.54) is 7.11 Å². The fourth-order valence-corrected chi connectivity index (χ4v) is 12.3. The lowest BCUT2D eigenvalue weighted by atomic mass is 9.43. The maximum Gasteiger partial charge on any atom is 0.348 e. The molecule has 0 unspecified atom stereocenters. The van der Waals surface area contributed by atoms with Gasteiger partial charge in [-0.1, -0.05) is 26.8 Å². The van der Waals surface area contributed by atoms with Gasteiger partial charge in [-0.3, -0.25) is 14.4 Å². The van der Waals surface area contributed by atoms with Crippen molar-refractivity contribution in [2.45, 2.75) is 123 Å². The smallest absolute Gasteiger partial charge is 0.348 e. The first-order valence-corrected chi connectivity index (χ1v) is 21.4. The summed E-state index contributed by atoms with van der Waals surface area (Å²) in [6.07, 6.45) is 18.7. The van der Waals surface area contributed by atoms with Crippen molar-refractivity contribution in [1.29, 1.82) is 0 Å². The number of pyridine rings is 1. The molecule has 5 heterocycles. The third-order valence-corrected chi connectivity index (χ3v) is 15.1. The Morgan fingerprint density at radius 2 is 1.53 bits per heavy atom. The number of ether oxygens (including phenoxy) is 3. The number of nitrogens with zero attached hydrogens (tertiary/aromatic N) is 5. The molecule has 11 bridgehead atoms. The highest BCUT2D eigenvalue weighted by molar-refractivity contribution is 5.91. The molecule has 2 N–H and O–H groups in total. The number of nitrogens with one attached hydrogen (secondary N) is 2. The molecule has 3 aromatic heterocycles. The highest BCUT2D eigenvalue weighted by Gasteiger charge is 2.65. The summed E-state index contributed by atoms with van der Waals surface area (Å²) in [7, 11) is 1.44. The lowest BCUT2D eigenvalue weighted by Crippen LogP contribution is -2.59. The molecule has 2 aliphatic heterocycles. The molecule has 15 heteroatoms. The highest BCUT2D eigenvalue weighted by Crippen LogP contribution is 2.69. The van der Waals surface area contributed by atoms with Gasteiger partial charge >= 0.3 is 17.9 Å². The van der Waals surface area contributed by atoms with Crippen LogP contribution in [0.4, 0.5) is 11.6 Å². The predicted octanol–water partition coefficient (Wildman–Crippen LogP) is 4.23. The van der Waals surface area contributed by atoms with Crippen LogP contribution in [0.15, 0.2) is 55.6 Å². The van der Waals surface area contributed by atoms with Crippen molar-refractivity contribution < 1.29 is 47.3 Å². The standard InChI is InChI=1S/C44H57N7O8/c1-28(8-13-40(54)57-4)32-11-12-33-31-10-9-29-20-30-14-15-43(29,2)34(31)21-35(44(32,33)3)59-42(56)25-51-19-17-49(27-51)23-39(53)47-37-7-5-6-36(45-37)46-38(52)22-48-16-18-50(26-48)24-41(55)58-30/h5-7,16-19,26-35H,8-15,20-25H2,1-4H3/p+2/t28-,29-,30-,31+,32-,33+,34+,35+,43+,44-/m1/s1. The van der Waals surface area contributed by atoms with Gasteiger partial charge in [0.25, 0.3) is 11.8 Å². The summed E-state index contributed by atoms with van der Waals surface area (Å²) >= 11 is 0. The van der Waals surface area contributed by atoms with Crippen molar-refractivity contribution in [1.82, 2.24) is 14.1 Å². The van der Waals surface area contributed by atoms with Gasteiger partial charge in [0, 0.05) is 11.8 Å². The first-order valence-electron chi connectivity index (χ1n) is 21.4. The Morgan fingerprint density at radius 1 is 0.881 bits per heavy atom. The van der Waals surface area contributed by atoms with Crippen LogP contribution in [0.2, 0.25) is 0 Å². The summed E-state index contributed by atoms with van der Waals surface area (Å²) in [6, 6.07) is 4.96. The summed E-state index contributed by atoms with van der Waals surface area (Å²) in [5.41, 5.74) is -0.230. The number of anilines is 2. The number of esters is 3. The fourth-order valence-electron chi connectivity index (χ4n) is 12.3. The summed E-state index contributed by atoms with van der Waals surface area (Å²) in [6.45, 7) is 7.07. The number of methoxy groups -OCH3 is 1. The Hall–Kier alpha value is -5.08. The molecule has 4 aliphatic carbocycles. The van der Waals surface area contributed by atoms with Gasteiger partial charge in [0.15, 0.2) is 26.2 Å². The second-order valence-corrected chi connectivity index (χ2v) is 18.4. The van der Waals surface area contributed by atoms with Gasteiger partial charge in [-0.05, 0) is 111 Å². The molecule has 0 spiro atoms. The topological polar surface area (TPSA) is 168 Å². The number of imidazole rings is 2. The van der Waals surface area contributed by atoms with Gasteiger partial charge in [0.1, 0.15) is 48.6 Å². The number of carbonyl (C=O) groups excluding carboxylic acids is 5. The molecule has 2 amide bonds. The number of aromatic nitrogens is 5. The minimum Gasteiger partial charge on any atom is -0.469 e. The molecule has 4 fully saturated rings. The van der Waals surface area contributed by atoms with Crippen LogP contribution in [0, 0.1) is 46.3 Å². The van der Waals surface area contributed by atoms with Crippen LogP contribution < -0.4 is 19.8 Å². The normalized spacial score (nSPS) is 33.1. The number of rotatable bonds is 4. The van der Waals surface area contributed by atoms with Crippen LogP contribution in [-0.2, 0) is 64.4 Å². The minimum absolute atomic E-state index is 0.000891. The van der Waals surface area contributed by atoms with Crippen molar-refractivity contribution in [2.24, 2.45) is 46.3 Å². The van der Waals surface area contributed by atoms with E-state index in [9.17, 15) is 24.0 Å². The molecule has 59 heavy (non-hydrogen) atoms. The number of hydrogen-bond donors (Lipinski definition) is 2. The first kappa shape index (κ1) is 40.7. The van der Waals surface area contributed by atoms with Crippen molar-refractivity contribution in [2.75, 3.05) is 17.7 Å². The van der Waals surface area contributed by atoms with E-state index in [1.54, 1.807) is 73.9 Å². The van der Waals surface area contributed by atoms with Crippen molar-refractivity contribution in [3.05, 3.63) is 55.6 Å². The summed E-state index contributed by atoms with van der Waals surface area (Å²) in [5, 5.41) is 5.56. The van der Waals surface area contributed by atoms with E-state index < -0.39 is 0 Å². The van der Waals surface area contributed by atoms with E-state index in [4.69, 9.17) is 14.2 Å². The SMILES string of the molecule is COC(=O)CC[C@@H](C)[C@H]1CC[C@H]2[C@@H]3CC[C@@H]4C[C@H]5CC[C@]4(C)[C@H]3C[C@H](OC(=O)Cn3cc[n+](c3)CC(=O)Nc3cccc(n3)NC(=O)C[n+]3ccn(c3)CC(=O)O5)[C@]12C. The maximum absolute atomic E-state index is 14.0. The Kier molecular flexibility index (Phi) is 11.4. The summed E-state index contributed by atoms with van der Waals surface area (Å²) in [5.74, 6) is 1.28. The monoisotopic (exact) mass is 813 g/mol.